The Bertz CT molecular complexity index is 1580. The third-order valence-corrected chi connectivity index (χ3v) is 6.44. The number of halogens is 1. The Morgan fingerprint density at radius 1 is 1.06 bits per heavy atom. The number of ether oxygens (including phenoxy) is 1. The van der Waals surface area contributed by atoms with E-state index in [1.807, 2.05) is 4.90 Å². The van der Waals surface area contributed by atoms with Gasteiger partial charge in [0, 0.05) is 40.3 Å². The fraction of sp³-hybridized carbons (Fsp3) is 0.160. The Hall–Kier alpha value is -4.09. The number of nitro benzene ring substituents is 1. The molecule has 1 N–H and O–H groups in total. The molecular formula is C25H19BrN4O6. The molecule has 1 aliphatic rings. The van der Waals surface area contributed by atoms with E-state index in [4.69, 9.17) is 4.74 Å². The van der Waals surface area contributed by atoms with Crippen LogP contribution < -0.4 is 10.5 Å². The molecule has 11 heteroatoms. The second-order valence-electron chi connectivity index (χ2n) is 8.17. The molecule has 1 aliphatic heterocycles. The van der Waals surface area contributed by atoms with E-state index in [0.29, 0.717) is 58.5 Å². The van der Waals surface area contributed by atoms with Crippen LogP contribution in [0.5, 0.6) is 0 Å². The van der Waals surface area contributed by atoms with Crippen molar-refractivity contribution in [3.05, 3.63) is 91.2 Å². The van der Waals surface area contributed by atoms with Crippen molar-refractivity contribution in [2.24, 2.45) is 0 Å². The Morgan fingerprint density at radius 2 is 1.78 bits per heavy atom. The second-order valence-corrected chi connectivity index (χ2v) is 9.09. The van der Waals surface area contributed by atoms with Crippen molar-refractivity contribution < 1.29 is 19.6 Å². The molecule has 10 nitrogen and oxygen atoms in total. The number of aromatic nitrogens is 2. The molecule has 5 rings (SSSR count). The summed E-state index contributed by atoms with van der Waals surface area (Å²) in [6.45, 7) is 2.27. The molecule has 0 saturated carbocycles. The summed E-state index contributed by atoms with van der Waals surface area (Å²) in [4.78, 5) is 38.6. The Labute approximate surface area is 212 Å². The smallest absolute Gasteiger partial charge is 0.335 e. The van der Waals surface area contributed by atoms with Gasteiger partial charge in [-0.25, -0.2) is 4.79 Å². The zero-order valence-electron chi connectivity index (χ0n) is 18.8. The van der Waals surface area contributed by atoms with Crippen molar-refractivity contribution in [2.75, 3.05) is 31.2 Å². The second kappa shape index (κ2) is 9.51. The highest BCUT2D eigenvalue weighted by Gasteiger charge is 2.23. The lowest BCUT2D eigenvalue weighted by Crippen LogP contribution is -2.36. The van der Waals surface area contributed by atoms with E-state index in [1.165, 1.54) is 18.2 Å². The molecule has 4 aromatic rings. The number of morpholine rings is 1. The molecule has 0 spiro atoms. The molecule has 3 aromatic carbocycles. The summed E-state index contributed by atoms with van der Waals surface area (Å²) in [7, 11) is 0. The standard InChI is InChI=1S/C25H19BrN4O6/c26-17-12-15(11-16(13-17)25(32)33)23-19-3-1-2-4-20(19)24(31)29(27-23)22-14-18(5-6-21(22)30(34)35)28-7-9-36-10-8-28/h1-6,11-14H,7-10H2,(H,32,33). The van der Waals surface area contributed by atoms with Crippen LogP contribution in [0.25, 0.3) is 27.7 Å². The van der Waals surface area contributed by atoms with Crippen LogP contribution in [-0.2, 0) is 4.74 Å². The normalized spacial score (nSPS) is 13.6. The lowest BCUT2D eigenvalue weighted by Gasteiger charge is -2.29. The van der Waals surface area contributed by atoms with Crippen LogP contribution in [0, 0.1) is 10.1 Å². The van der Waals surface area contributed by atoms with Crippen LogP contribution >= 0.6 is 15.9 Å². The van der Waals surface area contributed by atoms with Crippen molar-refractivity contribution in [1.82, 2.24) is 9.78 Å². The topological polar surface area (TPSA) is 128 Å². The van der Waals surface area contributed by atoms with Gasteiger partial charge in [0.05, 0.1) is 34.8 Å². The minimum absolute atomic E-state index is 0.0226. The Balaban J connectivity index is 1.80. The first-order valence-electron chi connectivity index (χ1n) is 11.0. The lowest BCUT2D eigenvalue weighted by molar-refractivity contribution is -0.384. The minimum atomic E-state index is -1.12. The van der Waals surface area contributed by atoms with Crippen molar-refractivity contribution in [3.8, 4) is 16.9 Å². The first-order chi connectivity index (χ1) is 17.3. The number of nitrogens with zero attached hydrogens (tertiary/aromatic N) is 4. The van der Waals surface area contributed by atoms with Gasteiger partial charge in [-0.1, -0.05) is 34.1 Å². The van der Waals surface area contributed by atoms with Crippen molar-refractivity contribution in [1.29, 1.82) is 0 Å². The van der Waals surface area contributed by atoms with Gasteiger partial charge in [0.1, 0.15) is 5.69 Å². The van der Waals surface area contributed by atoms with E-state index < -0.39 is 16.5 Å². The van der Waals surface area contributed by atoms with E-state index in [1.54, 1.807) is 42.5 Å². The average Bonchev–Trinajstić information content (AvgIpc) is 2.89. The summed E-state index contributed by atoms with van der Waals surface area (Å²) in [6, 6.07) is 16.0. The van der Waals surface area contributed by atoms with Crippen LogP contribution in [0.4, 0.5) is 11.4 Å². The molecule has 0 aliphatic carbocycles. The fourth-order valence-corrected chi connectivity index (χ4v) is 4.76. The summed E-state index contributed by atoms with van der Waals surface area (Å²) in [5.74, 6) is -1.12. The number of benzene rings is 3. The number of hydrogen-bond donors (Lipinski definition) is 1. The molecular weight excluding hydrogens is 532 g/mol. The highest BCUT2D eigenvalue weighted by atomic mass is 79.9. The monoisotopic (exact) mass is 550 g/mol. The molecule has 0 amide bonds. The molecule has 2 heterocycles. The van der Waals surface area contributed by atoms with Gasteiger partial charge in [0.15, 0.2) is 0 Å². The van der Waals surface area contributed by atoms with Crippen molar-refractivity contribution >= 4 is 44.0 Å². The van der Waals surface area contributed by atoms with Gasteiger partial charge in [-0.15, -0.1) is 0 Å². The van der Waals surface area contributed by atoms with E-state index in [2.05, 4.69) is 21.0 Å². The van der Waals surface area contributed by atoms with Gasteiger partial charge in [0.25, 0.3) is 11.2 Å². The number of nitro groups is 1. The predicted octanol–water partition coefficient (Wildman–Crippen LogP) is 4.26. The fourth-order valence-electron chi connectivity index (χ4n) is 4.27. The first-order valence-corrected chi connectivity index (χ1v) is 11.8. The van der Waals surface area contributed by atoms with Crippen molar-refractivity contribution in [3.63, 3.8) is 0 Å². The molecule has 36 heavy (non-hydrogen) atoms. The van der Waals surface area contributed by atoms with Gasteiger partial charge in [0.2, 0.25) is 0 Å². The van der Waals surface area contributed by atoms with Crippen LogP contribution in [0.1, 0.15) is 10.4 Å². The number of fused-ring (bicyclic) bond motifs is 1. The van der Waals surface area contributed by atoms with Gasteiger partial charge >= 0.3 is 5.97 Å². The van der Waals surface area contributed by atoms with Crippen molar-refractivity contribution in [2.45, 2.75) is 0 Å². The summed E-state index contributed by atoms with van der Waals surface area (Å²) in [6.07, 6.45) is 0. The third-order valence-electron chi connectivity index (χ3n) is 5.98. The van der Waals surface area contributed by atoms with E-state index in [0.717, 1.165) is 4.68 Å². The molecule has 1 aromatic heterocycles. The molecule has 0 radical (unpaired) electrons. The van der Waals surface area contributed by atoms with E-state index in [-0.39, 0.29) is 16.9 Å². The number of rotatable bonds is 5. The van der Waals surface area contributed by atoms with E-state index >= 15 is 0 Å². The maximum atomic E-state index is 13.6. The highest BCUT2D eigenvalue weighted by molar-refractivity contribution is 9.10. The highest BCUT2D eigenvalue weighted by Crippen LogP contribution is 2.32. The number of carboxylic acid groups (broad SMARTS) is 1. The molecule has 1 fully saturated rings. The summed E-state index contributed by atoms with van der Waals surface area (Å²) in [5.41, 5.74) is 0.725. The number of hydrogen-bond acceptors (Lipinski definition) is 7. The first kappa shape index (κ1) is 23.6. The number of carboxylic acids is 1. The summed E-state index contributed by atoms with van der Waals surface area (Å²) >= 11 is 3.34. The molecule has 0 bridgehead atoms. The van der Waals surface area contributed by atoms with Crippen LogP contribution in [0.2, 0.25) is 0 Å². The molecule has 1 saturated heterocycles. The maximum Gasteiger partial charge on any atom is 0.335 e. The lowest BCUT2D eigenvalue weighted by atomic mass is 10.0. The maximum absolute atomic E-state index is 13.6. The zero-order valence-corrected chi connectivity index (χ0v) is 20.3. The largest absolute Gasteiger partial charge is 0.478 e. The van der Waals surface area contributed by atoms with E-state index in [9.17, 15) is 24.8 Å². The van der Waals surface area contributed by atoms with Gasteiger partial charge in [-0.2, -0.15) is 9.78 Å². The number of carbonyl (C=O) groups is 1. The zero-order chi connectivity index (χ0) is 25.4. The number of anilines is 1. The van der Waals surface area contributed by atoms with Crippen LogP contribution in [0.3, 0.4) is 0 Å². The molecule has 182 valence electrons. The average molecular weight is 551 g/mol. The summed E-state index contributed by atoms with van der Waals surface area (Å²) in [5, 5.41) is 26.8. The Morgan fingerprint density at radius 3 is 2.47 bits per heavy atom. The quantitative estimate of drug-likeness (QED) is 0.288. The SMILES string of the molecule is O=C(O)c1cc(Br)cc(-c2nn(-c3cc(N4CCOCC4)ccc3[N+](=O)[O-])c(=O)c3ccccc23)c1. The predicted molar refractivity (Wildman–Crippen MR) is 137 cm³/mol. The number of aromatic carboxylic acids is 1. The summed E-state index contributed by atoms with van der Waals surface area (Å²) < 4.78 is 6.95. The van der Waals surface area contributed by atoms with Gasteiger partial charge in [-0.05, 0) is 36.4 Å². The third kappa shape index (κ3) is 4.34. The Kier molecular flexibility index (Phi) is 6.25. The van der Waals surface area contributed by atoms with Gasteiger partial charge < -0.3 is 14.7 Å². The molecule has 0 atom stereocenters. The van der Waals surface area contributed by atoms with Crippen LogP contribution in [-0.4, -0.2) is 52.1 Å². The van der Waals surface area contributed by atoms with Crippen LogP contribution in [0.15, 0.2) is 69.9 Å². The van der Waals surface area contributed by atoms with Gasteiger partial charge in [-0.3, -0.25) is 14.9 Å². The minimum Gasteiger partial charge on any atom is -0.478 e. The molecule has 0 unspecified atom stereocenters.